The molecule has 0 saturated heterocycles. The van der Waals surface area contributed by atoms with E-state index in [0.29, 0.717) is 6.29 Å². The minimum atomic E-state index is -1.62. The van der Waals surface area contributed by atoms with E-state index in [9.17, 15) is 43.8 Å². The molecule has 6 amide bonds. The van der Waals surface area contributed by atoms with Crippen LogP contribution in [-0.2, 0) is 33.6 Å². The van der Waals surface area contributed by atoms with Crippen LogP contribution < -0.4 is 38.5 Å². The lowest BCUT2D eigenvalue weighted by molar-refractivity contribution is -0.136. The van der Waals surface area contributed by atoms with Gasteiger partial charge in [0.15, 0.2) is 0 Å². The number of thiol groups is 1. The van der Waals surface area contributed by atoms with E-state index in [1.54, 1.807) is 20.1 Å². The van der Waals surface area contributed by atoms with Crippen LogP contribution in [0.4, 0.5) is 0 Å². The van der Waals surface area contributed by atoms with Crippen molar-refractivity contribution in [1.82, 2.24) is 21.3 Å². The van der Waals surface area contributed by atoms with Crippen LogP contribution in [0.25, 0.3) is 0 Å². The largest absolute Gasteiger partial charge is 0.394 e. The Morgan fingerprint density at radius 2 is 1.35 bits per heavy atom. The van der Waals surface area contributed by atoms with Crippen molar-refractivity contribution in [3.8, 4) is 0 Å². The van der Waals surface area contributed by atoms with Gasteiger partial charge in [-0.3, -0.25) is 28.8 Å². The molecule has 0 heterocycles. The van der Waals surface area contributed by atoms with Crippen LogP contribution in [0.15, 0.2) is 0 Å². The van der Waals surface area contributed by atoms with Gasteiger partial charge in [0.1, 0.15) is 24.4 Å². The Labute approximate surface area is 238 Å². The molecule has 0 rings (SSSR count). The molecule has 6 atom stereocenters. The number of amides is 6. The Hall–Kier alpha value is -3.28. The number of hydrogen-bond acceptors (Lipinski definition) is 11. The van der Waals surface area contributed by atoms with Crippen LogP contribution in [0.5, 0.6) is 0 Å². The molecule has 0 aliphatic rings. The van der Waals surface area contributed by atoms with Gasteiger partial charge < -0.3 is 53.5 Å². The van der Waals surface area contributed by atoms with Crippen molar-refractivity contribution < 1.29 is 43.8 Å². The first-order valence-corrected chi connectivity index (χ1v) is 13.2. The summed E-state index contributed by atoms with van der Waals surface area (Å²) in [5, 5.41) is 28.7. The van der Waals surface area contributed by atoms with Crippen molar-refractivity contribution in [2.24, 2.45) is 23.1 Å². The van der Waals surface area contributed by atoms with Crippen molar-refractivity contribution in [3.05, 3.63) is 0 Å². The standard InChI is InChI=1S/C22H39N7O9.CH4S/c1-10(2)6-14(20(36)26-12(8-30)4-5-16(24)33)27-22(38)18(11(3)32)29-21(37)15(9-31)28-19(35)13(23)7-17(25)34;1-2/h8,10-15,18,31-32H,4-7,9,23H2,1-3H3,(H2,24,33)(H2,25,34)(H,26,36)(H,27,38)(H,28,35)(H,29,37);2H,1H3/t11-,12+,13+,14+,15+,18+;/m1./s1. The molecule has 17 heteroatoms. The van der Waals surface area contributed by atoms with Gasteiger partial charge in [-0.2, -0.15) is 12.6 Å². The van der Waals surface area contributed by atoms with Gasteiger partial charge in [0.2, 0.25) is 35.4 Å². The minimum absolute atomic E-state index is 0.0450. The molecule has 230 valence electrons. The number of nitrogens with two attached hydrogens (primary N) is 3. The lowest BCUT2D eigenvalue weighted by Crippen LogP contribution is -2.61. The predicted octanol–water partition coefficient (Wildman–Crippen LogP) is -4.44. The lowest BCUT2D eigenvalue weighted by atomic mass is 10.0. The SMILES string of the molecule is CC(C)C[C@H](NC(=O)[C@@H](NC(=O)[C@H](CO)NC(=O)[C@@H](N)CC(N)=O)[C@@H](C)O)C(=O)N[C@H](C=O)CCC(N)=O.CS. The first-order chi connectivity index (χ1) is 18.6. The second kappa shape index (κ2) is 20.6. The first-order valence-electron chi connectivity index (χ1n) is 12.3. The number of hydrogen-bond donors (Lipinski definition) is 10. The van der Waals surface area contributed by atoms with E-state index >= 15 is 0 Å². The van der Waals surface area contributed by atoms with Crippen molar-refractivity contribution >= 4 is 54.4 Å². The van der Waals surface area contributed by atoms with Gasteiger partial charge in [-0.1, -0.05) is 13.8 Å². The summed E-state index contributed by atoms with van der Waals surface area (Å²) in [6.07, 6.45) is 0.0382. The van der Waals surface area contributed by atoms with Crippen LogP contribution >= 0.6 is 12.6 Å². The molecule has 0 unspecified atom stereocenters. The number of carbonyl (C=O) groups is 7. The smallest absolute Gasteiger partial charge is 0.245 e. The zero-order valence-corrected chi connectivity index (χ0v) is 24.0. The normalized spacial score (nSPS) is 15.0. The van der Waals surface area contributed by atoms with Gasteiger partial charge in [0, 0.05) is 6.42 Å². The molecule has 0 aromatic heterocycles. The molecule has 0 aliphatic carbocycles. The van der Waals surface area contributed by atoms with Gasteiger partial charge in [-0.15, -0.1) is 0 Å². The van der Waals surface area contributed by atoms with Crippen molar-refractivity contribution in [3.63, 3.8) is 0 Å². The van der Waals surface area contributed by atoms with Crippen LogP contribution in [-0.4, -0.2) is 101 Å². The van der Waals surface area contributed by atoms with E-state index in [2.05, 4.69) is 33.9 Å². The number of rotatable bonds is 18. The number of nitrogens with one attached hydrogen (secondary N) is 4. The van der Waals surface area contributed by atoms with Gasteiger partial charge >= 0.3 is 0 Å². The summed E-state index contributed by atoms with van der Waals surface area (Å²) in [6, 6.07) is -6.82. The van der Waals surface area contributed by atoms with E-state index in [1.165, 1.54) is 6.92 Å². The van der Waals surface area contributed by atoms with Gasteiger partial charge in [-0.05, 0) is 31.9 Å². The lowest BCUT2D eigenvalue weighted by Gasteiger charge is -2.27. The maximum Gasteiger partial charge on any atom is 0.245 e. The number of aliphatic hydroxyl groups is 2. The topological polar surface area (TPSA) is 286 Å². The average molecular weight is 594 g/mol. The zero-order chi connectivity index (χ0) is 31.6. The van der Waals surface area contributed by atoms with Gasteiger partial charge in [-0.25, -0.2) is 0 Å². The van der Waals surface area contributed by atoms with Gasteiger partial charge in [0.25, 0.3) is 0 Å². The maximum atomic E-state index is 12.9. The van der Waals surface area contributed by atoms with Crippen molar-refractivity contribution in [2.45, 2.75) is 82.8 Å². The fraction of sp³-hybridized carbons (Fsp3) is 0.696. The summed E-state index contributed by atoms with van der Waals surface area (Å²) in [7, 11) is 0. The monoisotopic (exact) mass is 593 g/mol. The molecule has 12 N–H and O–H groups in total. The molecule has 0 aliphatic heterocycles. The van der Waals surface area contributed by atoms with E-state index in [-0.39, 0.29) is 25.2 Å². The highest BCUT2D eigenvalue weighted by Crippen LogP contribution is 2.08. The van der Waals surface area contributed by atoms with E-state index in [1.807, 2.05) is 0 Å². The summed E-state index contributed by atoms with van der Waals surface area (Å²) in [6.45, 7) is 3.81. The molecule has 0 fully saturated rings. The molecular weight excluding hydrogens is 550 g/mol. The fourth-order valence-electron chi connectivity index (χ4n) is 3.16. The van der Waals surface area contributed by atoms with Crippen LogP contribution in [0.1, 0.15) is 46.5 Å². The highest BCUT2D eigenvalue weighted by molar-refractivity contribution is 7.79. The Morgan fingerprint density at radius 1 is 0.825 bits per heavy atom. The van der Waals surface area contributed by atoms with E-state index in [0.717, 1.165) is 0 Å². The zero-order valence-electron chi connectivity index (χ0n) is 23.1. The summed E-state index contributed by atoms with van der Waals surface area (Å²) in [4.78, 5) is 83.6. The third-order valence-corrected chi connectivity index (χ3v) is 5.17. The minimum Gasteiger partial charge on any atom is -0.394 e. The number of aliphatic hydroxyl groups excluding tert-OH is 2. The third-order valence-electron chi connectivity index (χ3n) is 5.17. The highest BCUT2D eigenvalue weighted by Gasteiger charge is 2.33. The first kappa shape index (κ1) is 38.9. The second-order valence-corrected chi connectivity index (χ2v) is 9.19. The van der Waals surface area contributed by atoms with E-state index in [4.69, 9.17) is 17.2 Å². The molecule has 0 aromatic carbocycles. The Kier molecular flexibility index (Phi) is 20.0. The predicted molar refractivity (Wildman–Crippen MR) is 147 cm³/mol. The molecule has 0 spiro atoms. The summed E-state index contributed by atoms with van der Waals surface area (Å²) in [5.41, 5.74) is 15.5. The highest BCUT2D eigenvalue weighted by atomic mass is 32.1. The molecule has 0 aromatic rings. The Bertz CT molecular complexity index is 874. The van der Waals surface area contributed by atoms with Crippen LogP contribution in [0.2, 0.25) is 0 Å². The van der Waals surface area contributed by atoms with E-state index < -0.39 is 84.8 Å². The summed E-state index contributed by atoms with van der Waals surface area (Å²) in [5.74, 6) is -5.38. The van der Waals surface area contributed by atoms with Crippen LogP contribution in [0.3, 0.4) is 0 Å². The third kappa shape index (κ3) is 16.0. The second-order valence-electron chi connectivity index (χ2n) is 9.19. The summed E-state index contributed by atoms with van der Waals surface area (Å²) >= 11 is 3.53. The van der Waals surface area contributed by atoms with Crippen molar-refractivity contribution in [1.29, 1.82) is 0 Å². The summed E-state index contributed by atoms with van der Waals surface area (Å²) < 4.78 is 0. The molecule has 0 radical (unpaired) electrons. The molecule has 0 bridgehead atoms. The number of primary amides is 2. The van der Waals surface area contributed by atoms with Crippen molar-refractivity contribution in [2.75, 3.05) is 12.9 Å². The molecular formula is C23H43N7O9S. The van der Waals surface area contributed by atoms with Gasteiger partial charge in [0.05, 0.1) is 31.2 Å². The Balaban J connectivity index is 0. The quantitative estimate of drug-likeness (QED) is 0.0537. The number of carbonyl (C=O) groups excluding carboxylic acids is 7. The molecule has 40 heavy (non-hydrogen) atoms. The number of aldehydes is 1. The molecule has 0 saturated carbocycles. The average Bonchev–Trinajstić information content (AvgIpc) is 2.87. The maximum absolute atomic E-state index is 12.9. The molecule has 16 nitrogen and oxygen atoms in total. The fourth-order valence-corrected chi connectivity index (χ4v) is 3.16. The van der Waals surface area contributed by atoms with Crippen LogP contribution in [0, 0.1) is 5.92 Å². The Morgan fingerprint density at radius 3 is 1.77 bits per heavy atom.